The first kappa shape index (κ1) is 15.6. The number of hydrogen-bond acceptors (Lipinski definition) is 3. The van der Waals surface area contributed by atoms with E-state index in [1.54, 1.807) is 4.90 Å². The number of carboxylic acids is 1. The molecule has 1 atom stereocenters. The van der Waals surface area contributed by atoms with Crippen LogP contribution in [-0.2, 0) is 9.59 Å². The molecule has 0 bridgehead atoms. The van der Waals surface area contributed by atoms with Crippen LogP contribution < -0.4 is 5.32 Å². The van der Waals surface area contributed by atoms with Gasteiger partial charge in [-0.1, -0.05) is 13.3 Å². The van der Waals surface area contributed by atoms with Crippen molar-refractivity contribution >= 4 is 17.9 Å². The number of hydrogen-bond donors (Lipinski definition) is 2. The normalized spacial score (nSPS) is 26.4. The number of rotatable bonds is 3. The zero-order valence-electron chi connectivity index (χ0n) is 12.4. The average Bonchev–Trinajstić information content (AvgIpc) is 2.47. The molecule has 0 spiro atoms. The molecule has 0 radical (unpaired) electrons. The van der Waals surface area contributed by atoms with Crippen LogP contribution in [0.2, 0.25) is 0 Å². The lowest BCUT2D eigenvalue weighted by molar-refractivity contribution is -0.152. The standard InChI is InChI=1S/C14H23N3O4/c1-2-4-14(12(19)20)5-3-7-17(10-14)13(21)16-8-6-15-11(18)9-16/h2-10H2,1H3,(H,15,18)(H,19,20). The number of likely N-dealkylation sites (tertiary alicyclic amines) is 1. The first-order valence-corrected chi connectivity index (χ1v) is 7.52. The molecule has 0 aromatic rings. The third kappa shape index (κ3) is 3.28. The van der Waals surface area contributed by atoms with E-state index >= 15 is 0 Å². The van der Waals surface area contributed by atoms with Gasteiger partial charge >= 0.3 is 12.0 Å². The summed E-state index contributed by atoms with van der Waals surface area (Å²) in [6, 6.07) is -0.216. The minimum atomic E-state index is -0.833. The zero-order chi connectivity index (χ0) is 15.5. The quantitative estimate of drug-likeness (QED) is 0.794. The largest absolute Gasteiger partial charge is 0.481 e. The molecule has 2 saturated heterocycles. The number of aliphatic carboxylic acids is 1. The first-order valence-electron chi connectivity index (χ1n) is 7.52. The number of nitrogens with one attached hydrogen (secondary N) is 1. The molecule has 0 aromatic carbocycles. The van der Waals surface area contributed by atoms with Crippen LogP contribution in [0.3, 0.4) is 0 Å². The van der Waals surface area contributed by atoms with Gasteiger partial charge in [0, 0.05) is 26.2 Å². The Kier molecular flexibility index (Phi) is 4.69. The van der Waals surface area contributed by atoms with E-state index in [9.17, 15) is 19.5 Å². The number of piperazine rings is 1. The van der Waals surface area contributed by atoms with Gasteiger partial charge in [-0.05, 0) is 19.3 Å². The zero-order valence-corrected chi connectivity index (χ0v) is 12.4. The molecule has 7 heteroatoms. The number of urea groups is 1. The molecule has 2 fully saturated rings. The fourth-order valence-corrected chi connectivity index (χ4v) is 3.26. The Hall–Kier alpha value is -1.79. The number of carbonyl (C=O) groups excluding carboxylic acids is 2. The molecule has 0 aliphatic carbocycles. The van der Waals surface area contributed by atoms with Crippen molar-refractivity contribution in [3.63, 3.8) is 0 Å². The maximum absolute atomic E-state index is 12.5. The van der Waals surface area contributed by atoms with Crippen molar-refractivity contribution in [2.75, 3.05) is 32.7 Å². The molecule has 7 nitrogen and oxygen atoms in total. The number of piperidine rings is 1. The third-order valence-electron chi connectivity index (χ3n) is 4.34. The van der Waals surface area contributed by atoms with E-state index < -0.39 is 11.4 Å². The molecule has 0 aromatic heterocycles. The lowest BCUT2D eigenvalue weighted by Gasteiger charge is -2.42. The molecule has 21 heavy (non-hydrogen) atoms. The summed E-state index contributed by atoms with van der Waals surface area (Å²) in [6.07, 6.45) is 2.66. The smallest absolute Gasteiger partial charge is 0.320 e. The Balaban J connectivity index is 2.07. The fraction of sp³-hybridized carbons (Fsp3) is 0.786. The van der Waals surface area contributed by atoms with Crippen LogP contribution in [0.5, 0.6) is 0 Å². The summed E-state index contributed by atoms with van der Waals surface area (Å²) in [6.45, 7) is 3.76. The Morgan fingerprint density at radius 3 is 2.71 bits per heavy atom. The second-order valence-electron chi connectivity index (χ2n) is 5.91. The highest BCUT2D eigenvalue weighted by Crippen LogP contribution is 2.35. The monoisotopic (exact) mass is 297 g/mol. The van der Waals surface area contributed by atoms with Crippen molar-refractivity contribution in [2.24, 2.45) is 5.41 Å². The first-order chi connectivity index (χ1) is 9.98. The average molecular weight is 297 g/mol. The molecular formula is C14H23N3O4. The second-order valence-corrected chi connectivity index (χ2v) is 5.91. The Bertz CT molecular complexity index is 436. The molecule has 2 heterocycles. The van der Waals surface area contributed by atoms with E-state index in [1.165, 1.54) is 4.90 Å². The van der Waals surface area contributed by atoms with Crippen molar-refractivity contribution in [1.82, 2.24) is 15.1 Å². The van der Waals surface area contributed by atoms with Crippen molar-refractivity contribution in [3.05, 3.63) is 0 Å². The van der Waals surface area contributed by atoms with Gasteiger partial charge in [0.05, 0.1) is 5.41 Å². The van der Waals surface area contributed by atoms with Crippen molar-refractivity contribution in [1.29, 1.82) is 0 Å². The molecule has 2 rings (SSSR count). The van der Waals surface area contributed by atoms with Crippen molar-refractivity contribution in [2.45, 2.75) is 32.6 Å². The summed E-state index contributed by atoms with van der Waals surface area (Å²) in [5, 5.41) is 12.2. The Labute approximate surface area is 124 Å². The van der Waals surface area contributed by atoms with Crippen LogP contribution >= 0.6 is 0 Å². The third-order valence-corrected chi connectivity index (χ3v) is 4.34. The second kappa shape index (κ2) is 6.32. The topological polar surface area (TPSA) is 89.9 Å². The highest BCUT2D eigenvalue weighted by atomic mass is 16.4. The van der Waals surface area contributed by atoms with E-state index in [1.807, 2.05) is 6.92 Å². The highest BCUT2D eigenvalue weighted by molar-refractivity contribution is 5.85. The summed E-state index contributed by atoms with van der Waals surface area (Å²) in [7, 11) is 0. The maximum Gasteiger partial charge on any atom is 0.320 e. The van der Waals surface area contributed by atoms with Crippen LogP contribution in [0.15, 0.2) is 0 Å². The molecule has 2 aliphatic heterocycles. The molecule has 3 amide bonds. The van der Waals surface area contributed by atoms with E-state index in [4.69, 9.17) is 0 Å². The molecule has 1 unspecified atom stereocenters. The van der Waals surface area contributed by atoms with Gasteiger partial charge in [-0.3, -0.25) is 9.59 Å². The fourth-order valence-electron chi connectivity index (χ4n) is 3.26. The van der Waals surface area contributed by atoms with Gasteiger partial charge in [0.2, 0.25) is 5.91 Å². The van der Waals surface area contributed by atoms with E-state index in [0.29, 0.717) is 38.9 Å². The van der Waals surface area contributed by atoms with Crippen LogP contribution in [-0.4, -0.2) is 65.5 Å². The van der Waals surface area contributed by atoms with E-state index in [2.05, 4.69) is 5.32 Å². The highest BCUT2D eigenvalue weighted by Gasteiger charge is 2.43. The van der Waals surface area contributed by atoms with Gasteiger partial charge in [-0.25, -0.2) is 4.79 Å². The number of carboxylic acid groups (broad SMARTS) is 1. The number of nitrogens with zero attached hydrogens (tertiary/aromatic N) is 2. The van der Waals surface area contributed by atoms with Gasteiger partial charge in [0.1, 0.15) is 6.54 Å². The van der Waals surface area contributed by atoms with Gasteiger partial charge in [-0.2, -0.15) is 0 Å². The summed E-state index contributed by atoms with van der Waals surface area (Å²) in [5.74, 6) is -0.983. The van der Waals surface area contributed by atoms with Crippen LogP contribution in [0.25, 0.3) is 0 Å². The van der Waals surface area contributed by atoms with Crippen molar-refractivity contribution in [3.8, 4) is 0 Å². The predicted octanol–water partition coefficient (Wildman–Crippen LogP) is 0.505. The lowest BCUT2D eigenvalue weighted by Crippen LogP contribution is -2.57. The summed E-state index contributed by atoms with van der Waals surface area (Å²) in [5.41, 5.74) is -0.833. The van der Waals surface area contributed by atoms with Crippen LogP contribution in [0, 0.1) is 5.41 Å². The number of amides is 3. The maximum atomic E-state index is 12.5. The molecule has 2 N–H and O–H groups in total. The summed E-state index contributed by atoms with van der Waals surface area (Å²) >= 11 is 0. The molecule has 2 aliphatic rings. The number of carbonyl (C=O) groups is 3. The van der Waals surface area contributed by atoms with Gasteiger partial charge in [-0.15, -0.1) is 0 Å². The summed E-state index contributed by atoms with van der Waals surface area (Å²) < 4.78 is 0. The van der Waals surface area contributed by atoms with Crippen LogP contribution in [0.4, 0.5) is 4.79 Å². The Morgan fingerprint density at radius 1 is 1.33 bits per heavy atom. The van der Waals surface area contributed by atoms with E-state index in [0.717, 1.165) is 6.42 Å². The van der Waals surface area contributed by atoms with Gasteiger partial charge in [0.15, 0.2) is 0 Å². The predicted molar refractivity (Wildman–Crippen MR) is 75.8 cm³/mol. The minimum absolute atomic E-state index is 0.0587. The molecular weight excluding hydrogens is 274 g/mol. The van der Waals surface area contributed by atoms with Crippen molar-refractivity contribution < 1.29 is 19.5 Å². The van der Waals surface area contributed by atoms with Gasteiger partial charge < -0.3 is 20.2 Å². The lowest BCUT2D eigenvalue weighted by atomic mass is 9.76. The molecule has 118 valence electrons. The Morgan fingerprint density at radius 2 is 2.10 bits per heavy atom. The van der Waals surface area contributed by atoms with Gasteiger partial charge in [0.25, 0.3) is 0 Å². The van der Waals surface area contributed by atoms with Crippen LogP contribution in [0.1, 0.15) is 32.6 Å². The minimum Gasteiger partial charge on any atom is -0.481 e. The SMILES string of the molecule is CCCC1(C(=O)O)CCCN(C(=O)N2CCNC(=O)C2)C1. The summed E-state index contributed by atoms with van der Waals surface area (Å²) in [4.78, 5) is 38.6. The van der Waals surface area contributed by atoms with E-state index in [-0.39, 0.29) is 25.0 Å². The molecule has 0 saturated carbocycles.